The Bertz CT molecular complexity index is 806. The van der Waals surface area contributed by atoms with Gasteiger partial charge >= 0.3 is 0 Å². The van der Waals surface area contributed by atoms with Gasteiger partial charge < -0.3 is 9.90 Å². The number of nitrogens with one attached hydrogen (secondary N) is 1. The van der Waals surface area contributed by atoms with E-state index in [1.165, 1.54) is 6.07 Å². The van der Waals surface area contributed by atoms with Crippen LogP contribution in [0, 0.1) is 11.6 Å². The number of hydrogen-bond donors (Lipinski definition) is 1. The molecular formula is C13H8F2NO4S-. The molecule has 0 unspecified atom stereocenters. The van der Waals surface area contributed by atoms with E-state index in [4.69, 9.17) is 0 Å². The van der Waals surface area contributed by atoms with Gasteiger partial charge in [-0.05, 0) is 29.8 Å². The summed E-state index contributed by atoms with van der Waals surface area (Å²) in [6.45, 7) is 0. The number of rotatable bonds is 4. The SMILES string of the molecule is O=C([O-])c1cccc(S(=O)(=O)Nc2cc(F)ccc2F)c1. The maximum absolute atomic E-state index is 13.4. The molecule has 0 amide bonds. The van der Waals surface area contributed by atoms with Crippen molar-refractivity contribution in [3.05, 3.63) is 59.7 Å². The summed E-state index contributed by atoms with van der Waals surface area (Å²) in [4.78, 5) is 10.3. The summed E-state index contributed by atoms with van der Waals surface area (Å²) in [5, 5.41) is 10.7. The minimum absolute atomic E-state index is 0.349. The summed E-state index contributed by atoms with van der Waals surface area (Å²) < 4.78 is 52.3. The Morgan fingerprint density at radius 1 is 1.10 bits per heavy atom. The number of halogens is 2. The quantitative estimate of drug-likeness (QED) is 0.917. The van der Waals surface area contributed by atoms with Crippen LogP contribution in [0.15, 0.2) is 47.4 Å². The number of carboxylic acid groups (broad SMARTS) is 1. The first-order chi connectivity index (χ1) is 9.79. The van der Waals surface area contributed by atoms with Crippen LogP contribution >= 0.6 is 0 Å². The van der Waals surface area contributed by atoms with Crippen LogP contribution in [-0.4, -0.2) is 14.4 Å². The molecule has 0 spiro atoms. The first-order valence-electron chi connectivity index (χ1n) is 5.59. The summed E-state index contributed by atoms with van der Waals surface area (Å²) in [6, 6.07) is 6.60. The van der Waals surface area contributed by atoms with Crippen molar-refractivity contribution in [1.29, 1.82) is 0 Å². The molecule has 0 aliphatic carbocycles. The fourth-order valence-corrected chi connectivity index (χ4v) is 2.67. The summed E-state index contributed by atoms with van der Waals surface area (Å²) in [5.41, 5.74) is -0.925. The van der Waals surface area contributed by atoms with E-state index in [2.05, 4.69) is 0 Å². The maximum Gasteiger partial charge on any atom is 0.262 e. The standard InChI is InChI=1S/C13H9F2NO4S/c14-9-4-5-11(15)12(7-9)16-21(19,20)10-3-1-2-8(6-10)13(17)18/h1-7,16H,(H,17,18)/p-1. The van der Waals surface area contributed by atoms with Crippen molar-refractivity contribution < 1.29 is 27.1 Å². The smallest absolute Gasteiger partial charge is 0.262 e. The minimum Gasteiger partial charge on any atom is -0.545 e. The van der Waals surface area contributed by atoms with E-state index in [0.717, 1.165) is 30.3 Å². The fourth-order valence-electron chi connectivity index (χ4n) is 1.57. The molecular weight excluding hydrogens is 304 g/mol. The van der Waals surface area contributed by atoms with Crippen molar-refractivity contribution in [1.82, 2.24) is 0 Å². The predicted octanol–water partition coefficient (Wildman–Crippen LogP) is 1.13. The van der Waals surface area contributed by atoms with Gasteiger partial charge in [0, 0.05) is 6.07 Å². The second kappa shape index (κ2) is 5.49. The van der Waals surface area contributed by atoms with E-state index in [0.29, 0.717) is 6.07 Å². The van der Waals surface area contributed by atoms with E-state index >= 15 is 0 Å². The molecule has 0 saturated heterocycles. The Hall–Kier alpha value is -2.48. The van der Waals surface area contributed by atoms with Crippen LogP contribution in [0.5, 0.6) is 0 Å². The molecule has 8 heteroatoms. The van der Waals surface area contributed by atoms with Crippen LogP contribution in [0.25, 0.3) is 0 Å². The number of sulfonamides is 1. The van der Waals surface area contributed by atoms with E-state index in [-0.39, 0.29) is 5.56 Å². The Morgan fingerprint density at radius 3 is 2.48 bits per heavy atom. The number of aromatic carboxylic acids is 1. The van der Waals surface area contributed by atoms with Crippen LogP contribution in [0.1, 0.15) is 10.4 Å². The monoisotopic (exact) mass is 312 g/mol. The molecule has 1 N–H and O–H groups in total. The van der Waals surface area contributed by atoms with Gasteiger partial charge in [-0.1, -0.05) is 12.1 Å². The topological polar surface area (TPSA) is 86.3 Å². The van der Waals surface area contributed by atoms with Crippen molar-refractivity contribution in [3.8, 4) is 0 Å². The lowest BCUT2D eigenvalue weighted by Crippen LogP contribution is -2.23. The molecule has 110 valence electrons. The number of carboxylic acids is 1. The molecule has 2 aromatic carbocycles. The zero-order valence-electron chi connectivity index (χ0n) is 10.3. The third-order valence-electron chi connectivity index (χ3n) is 2.55. The van der Waals surface area contributed by atoms with Crippen molar-refractivity contribution in [2.75, 3.05) is 4.72 Å². The Balaban J connectivity index is 2.41. The number of carbonyl (C=O) groups excluding carboxylic acids is 1. The number of hydrogen-bond acceptors (Lipinski definition) is 4. The van der Waals surface area contributed by atoms with Crippen molar-refractivity contribution in [3.63, 3.8) is 0 Å². The highest BCUT2D eigenvalue weighted by atomic mass is 32.2. The lowest BCUT2D eigenvalue weighted by molar-refractivity contribution is -0.255. The Kier molecular flexibility index (Phi) is 3.90. The van der Waals surface area contributed by atoms with E-state index in [1.54, 1.807) is 0 Å². The number of carbonyl (C=O) groups is 1. The van der Waals surface area contributed by atoms with Crippen LogP contribution < -0.4 is 9.83 Å². The summed E-state index contributed by atoms with van der Waals surface area (Å²) >= 11 is 0. The molecule has 0 bridgehead atoms. The molecule has 0 heterocycles. The number of benzene rings is 2. The largest absolute Gasteiger partial charge is 0.545 e. The highest BCUT2D eigenvalue weighted by molar-refractivity contribution is 7.92. The van der Waals surface area contributed by atoms with Crippen molar-refractivity contribution in [2.45, 2.75) is 4.90 Å². The highest BCUT2D eigenvalue weighted by Gasteiger charge is 2.17. The van der Waals surface area contributed by atoms with Gasteiger partial charge in [-0.25, -0.2) is 17.2 Å². The molecule has 5 nitrogen and oxygen atoms in total. The lowest BCUT2D eigenvalue weighted by Gasteiger charge is -2.10. The van der Waals surface area contributed by atoms with Crippen LogP contribution in [0.4, 0.5) is 14.5 Å². The highest BCUT2D eigenvalue weighted by Crippen LogP contribution is 2.20. The normalized spacial score (nSPS) is 11.1. The third-order valence-corrected chi connectivity index (χ3v) is 3.92. The average molecular weight is 312 g/mol. The first-order valence-corrected chi connectivity index (χ1v) is 7.07. The van der Waals surface area contributed by atoms with Crippen molar-refractivity contribution in [2.24, 2.45) is 0 Å². The molecule has 0 aliphatic heterocycles. The Labute approximate surface area is 118 Å². The van der Waals surface area contributed by atoms with Gasteiger partial charge in [0.2, 0.25) is 0 Å². The third kappa shape index (κ3) is 3.34. The fraction of sp³-hybridized carbons (Fsp3) is 0. The molecule has 0 radical (unpaired) electrons. The molecule has 0 fully saturated rings. The van der Waals surface area contributed by atoms with E-state index in [1.807, 2.05) is 4.72 Å². The molecule has 2 aromatic rings. The zero-order valence-corrected chi connectivity index (χ0v) is 11.2. The minimum atomic E-state index is -4.26. The van der Waals surface area contributed by atoms with Gasteiger partial charge in [0.05, 0.1) is 16.6 Å². The zero-order chi connectivity index (χ0) is 15.6. The van der Waals surface area contributed by atoms with Crippen LogP contribution in [0.3, 0.4) is 0 Å². The molecule has 0 saturated carbocycles. The number of anilines is 1. The molecule has 21 heavy (non-hydrogen) atoms. The van der Waals surface area contributed by atoms with Gasteiger partial charge in [0.1, 0.15) is 11.6 Å². The summed E-state index contributed by atoms with van der Waals surface area (Å²) in [6.07, 6.45) is 0. The first kappa shape index (κ1) is 14.9. The lowest BCUT2D eigenvalue weighted by atomic mass is 10.2. The van der Waals surface area contributed by atoms with Gasteiger partial charge in [-0.3, -0.25) is 4.72 Å². The second-order valence-electron chi connectivity index (χ2n) is 4.04. The Morgan fingerprint density at radius 2 is 1.81 bits per heavy atom. The average Bonchev–Trinajstić information content (AvgIpc) is 2.43. The van der Waals surface area contributed by atoms with Gasteiger partial charge in [0.15, 0.2) is 0 Å². The van der Waals surface area contributed by atoms with E-state index < -0.39 is 38.2 Å². The molecule has 0 aromatic heterocycles. The molecule has 0 atom stereocenters. The van der Waals surface area contributed by atoms with Crippen LogP contribution in [0.2, 0.25) is 0 Å². The van der Waals surface area contributed by atoms with Crippen molar-refractivity contribution >= 4 is 21.7 Å². The van der Waals surface area contributed by atoms with Gasteiger partial charge in [-0.15, -0.1) is 0 Å². The maximum atomic E-state index is 13.4. The summed E-state index contributed by atoms with van der Waals surface area (Å²) in [5.74, 6) is -3.34. The van der Waals surface area contributed by atoms with Gasteiger partial charge in [0.25, 0.3) is 10.0 Å². The second-order valence-corrected chi connectivity index (χ2v) is 5.73. The van der Waals surface area contributed by atoms with E-state index in [9.17, 15) is 27.1 Å². The molecule has 2 rings (SSSR count). The van der Waals surface area contributed by atoms with Gasteiger partial charge in [-0.2, -0.15) is 0 Å². The van der Waals surface area contributed by atoms with Crippen LogP contribution in [-0.2, 0) is 10.0 Å². The summed E-state index contributed by atoms with van der Waals surface area (Å²) in [7, 11) is -4.26. The predicted molar refractivity (Wildman–Crippen MR) is 67.9 cm³/mol. The molecule has 0 aliphatic rings.